The lowest BCUT2D eigenvalue weighted by Crippen LogP contribution is -2.29. The van der Waals surface area contributed by atoms with Gasteiger partial charge in [0.25, 0.3) is 0 Å². The summed E-state index contributed by atoms with van der Waals surface area (Å²) < 4.78 is 6.91. The van der Waals surface area contributed by atoms with Crippen molar-refractivity contribution < 1.29 is 9.32 Å². The van der Waals surface area contributed by atoms with E-state index in [2.05, 4.69) is 15.2 Å². The van der Waals surface area contributed by atoms with Gasteiger partial charge in [0.05, 0.1) is 5.69 Å². The van der Waals surface area contributed by atoms with E-state index in [4.69, 9.17) is 4.52 Å². The summed E-state index contributed by atoms with van der Waals surface area (Å²) in [5.41, 5.74) is 2.10. The Balaban J connectivity index is 1.43. The summed E-state index contributed by atoms with van der Waals surface area (Å²) in [6.45, 7) is 8.15. The third-order valence-electron chi connectivity index (χ3n) is 4.63. The van der Waals surface area contributed by atoms with Gasteiger partial charge < -0.3 is 9.42 Å². The van der Waals surface area contributed by atoms with Crippen molar-refractivity contribution in [3.63, 3.8) is 0 Å². The number of amides is 1. The number of aryl methyl sites for hydroxylation is 5. The van der Waals surface area contributed by atoms with Crippen molar-refractivity contribution >= 4 is 5.91 Å². The Morgan fingerprint density at radius 1 is 1.38 bits per heavy atom. The predicted molar refractivity (Wildman–Crippen MR) is 88.4 cm³/mol. The summed E-state index contributed by atoms with van der Waals surface area (Å²) >= 11 is 0. The zero-order valence-corrected chi connectivity index (χ0v) is 14.7. The maximum absolute atomic E-state index is 12.4. The van der Waals surface area contributed by atoms with Gasteiger partial charge in [0.2, 0.25) is 11.8 Å². The molecule has 1 unspecified atom stereocenters. The second-order valence-electron chi connectivity index (χ2n) is 6.66. The van der Waals surface area contributed by atoms with Crippen molar-refractivity contribution in [3.8, 4) is 0 Å². The molecule has 0 saturated carbocycles. The lowest BCUT2D eigenvalue weighted by molar-refractivity contribution is -0.130. The summed E-state index contributed by atoms with van der Waals surface area (Å²) in [5, 5.41) is 8.34. The van der Waals surface area contributed by atoms with Gasteiger partial charge in [-0.1, -0.05) is 5.16 Å². The van der Waals surface area contributed by atoms with Gasteiger partial charge in [-0.2, -0.15) is 10.1 Å². The molecular formula is C17H25N5O2. The minimum absolute atomic E-state index is 0.223. The quantitative estimate of drug-likeness (QED) is 0.810. The van der Waals surface area contributed by atoms with Crippen LogP contribution in [0.4, 0.5) is 0 Å². The van der Waals surface area contributed by atoms with Crippen molar-refractivity contribution in [3.05, 3.63) is 29.2 Å². The van der Waals surface area contributed by atoms with E-state index in [9.17, 15) is 4.79 Å². The van der Waals surface area contributed by atoms with Gasteiger partial charge in [-0.05, 0) is 38.7 Å². The highest BCUT2D eigenvalue weighted by Crippen LogP contribution is 2.22. The molecule has 1 atom stereocenters. The zero-order valence-electron chi connectivity index (χ0n) is 14.7. The molecule has 130 valence electrons. The third-order valence-corrected chi connectivity index (χ3v) is 4.63. The zero-order chi connectivity index (χ0) is 17.1. The first-order valence-electron chi connectivity index (χ1n) is 8.59. The fourth-order valence-corrected chi connectivity index (χ4v) is 3.33. The first-order chi connectivity index (χ1) is 11.5. The van der Waals surface area contributed by atoms with E-state index in [-0.39, 0.29) is 5.91 Å². The summed E-state index contributed by atoms with van der Waals surface area (Å²) in [7, 11) is 0. The van der Waals surface area contributed by atoms with Crippen LogP contribution >= 0.6 is 0 Å². The number of carbonyl (C=O) groups is 1. The molecule has 1 saturated heterocycles. The van der Waals surface area contributed by atoms with Crippen LogP contribution in [0.5, 0.6) is 0 Å². The number of aromatic nitrogens is 4. The molecule has 2 aromatic rings. The second kappa shape index (κ2) is 7.15. The highest BCUT2D eigenvalue weighted by atomic mass is 16.5. The topological polar surface area (TPSA) is 77.0 Å². The molecule has 1 amide bonds. The van der Waals surface area contributed by atoms with E-state index in [1.54, 1.807) is 6.92 Å². The smallest absolute Gasteiger partial charge is 0.224 e. The molecule has 0 N–H and O–H groups in total. The van der Waals surface area contributed by atoms with Crippen molar-refractivity contribution in [2.24, 2.45) is 5.92 Å². The van der Waals surface area contributed by atoms with E-state index in [1.807, 2.05) is 29.5 Å². The summed E-state index contributed by atoms with van der Waals surface area (Å²) in [6.07, 6.45) is 3.39. The lowest BCUT2D eigenvalue weighted by atomic mass is 10.0. The summed E-state index contributed by atoms with van der Waals surface area (Å²) in [4.78, 5) is 18.6. The summed E-state index contributed by atoms with van der Waals surface area (Å²) in [5.74, 6) is 2.13. The number of hydrogen-bond acceptors (Lipinski definition) is 5. The maximum atomic E-state index is 12.4. The van der Waals surface area contributed by atoms with Crippen LogP contribution in [0.3, 0.4) is 0 Å². The van der Waals surface area contributed by atoms with E-state index >= 15 is 0 Å². The van der Waals surface area contributed by atoms with E-state index in [1.165, 1.54) is 0 Å². The van der Waals surface area contributed by atoms with Crippen LogP contribution < -0.4 is 0 Å². The molecule has 7 nitrogen and oxygen atoms in total. The van der Waals surface area contributed by atoms with E-state index in [0.29, 0.717) is 24.8 Å². The Morgan fingerprint density at radius 3 is 2.88 bits per heavy atom. The van der Waals surface area contributed by atoms with Gasteiger partial charge in [0.15, 0.2) is 5.82 Å². The Bertz CT molecular complexity index is 706. The molecule has 3 rings (SSSR count). The maximum Gasteiger partial charge on any atom is 0.224 e. The van der Waals surface area contributed by atoms with Crippen molar-refractivity contribution in [1.82, 2.24) is 24.8 Å². The molecule has 0 spiro atoms. The van der Waals surface area contributed by atoms with Crippen LogP contribution in [0.1, 0.15) is 42.4 Å². The molecule has 1 fully saturated rings. The van der Waals surface area contributed by atoms with E-state index in [0.717, 1.165) is 49.6 Å². The predicted octanol–water partition coefficient (Wildman–Crippen LogP) is 2.06. The minimum Gasteiger partial charge on any atom is -0.342 e. The molecular weight excluding hydrogens is 306 g/mol. The van der Waals surface area contributed by atoms with Gasteiger partial charge in [0.1, 0.15) is 0 Å². The van der Waals surface area contributed by atoms with Crippen molar-refractivity contribution in [2.45, 2.75) is 53.0 Å². The Hall–Kier alpha value is -2.18. The standard InChI is InChI=1S/C17H25N5O2/c1-12-10-13(2)22(19-12)9-7-17(23)21-8-6-15(11-21)4-5-16-18-14(3)24-20-16/h10,15H,4-9,11H2,1-3H3. The number of rotatable bonds is 6. The SMILES string of the molecule is Cc1cc(C)n(CCC(=O)N2CCC(CCc3noc(C)n3)C2)n1. The molecule has 7 heteroatoms. The van der Waals surface area contributed by atoms with Crippen LogP contribution in [0, 0.1) is 26.7 Å². The monoisotopic (exact) mass is 331 g/mol. The van der Waals surface area contributed by atoms with Gasteiger partial charge in [0, 0.05) is 45.1 Å². The third kappa shape index (κ3) is 4.01. The number of nitrogens with zero attached hydrogens (tertiary/aromatic N) is 5. The highest BCUT2D eigenvalue weighted by molar-refractivity contribution is 5.76. The van der Waals surface area contributed by atoms with Crippen molar-refractivity contribution in [1.29, 1.82) is 0 Å². The molecule has 0 radical (unpaired) electrons. The average molecular weight is 331 g/mol. The largest absolute Gasteiger partial charge is 0.342 e. The first kappa shape index (κ1) is 16.7. The second-order valence-corrected chi connectivity index (χ2v) is 6.66. The molecule has 3 heterocycles. The normalized spacial score (nSPS) is 17.6. The molecule has 0 aromatic carbocycles. The Kier molecular flexibility index (Phi) is 4.97. The van der Waals surface area contributed by atoms with E-state index < -0.39 is 0 Å². The van der Waals surface area contributed by atoms with Gasteiger partial charge >= 0.3 is 0 Å². The highest BCUT2D eigenvalue weighted by Gasteiger charge is 2.26. The van der Waals surface area contributed by atoms with Gasteiger partial charge in [-0.25, -0.2) is 0 Å². The molecule has 24 heavy (non-hydrogen) atoms. The fraction of sp³-hybridized carbons (Fsp3) is 0.647. The lowest BCUT2D eigenvalue weighted by Gasteiger charge is -2.16. The number of likely N-dealkylation sites (tertiary alicyclic amines) is 1. The minimum atomic E-state index is 0.223. The summed E-state index contributed by atoms with van der Waals surface area (Å²) in [6, 6.07) is 2.04. The molecule has 0 bridgehead atoms. The Morgan fingerprint density at radius 2 is 2.21 bits per heavy atom. The van der Waals surface area contributed by atoms with Crippen LogP contribution in [0.2, 0.25) is 0 Å². The number of hydrogen-bond donors (Lipinski definition) is 0. The van der Waals surface area contributed by atoms with Crippen LogP contribution in [-0.2, 0) is 17.8 Å². The Labute approximate surface area is 142 Å². The fourth-order valence-electron chi connectivity index (χ4n) is 3.33. The van der Waals surface area contributed by atoms with Crippen molar-refractivity contribution in [2.75, 3.05) is 13.1 Å². The molecule has 2 aromatic heterocycles. The van der Waals surface area contributed by atoms with Crippen LogP contribution in [0.15, 0.2) is 10.6 Å². The van der Waals surface area contributed by atoms with Gasteiger partial charge in [-0.3, -0.25) is 9.48 Å². The van der Waals surface area contributed by atoms with Gasteiger partial charge in [-0.15, -0.1) is 0 Å². The van der Waals surface area contributed by atoms with Crippen LogP contribution in [0.25, 0.3) is 0 Å². The first-order valence-corrected chi connectivity index (χ1v) is 8.59. The molecule has 0 aliphatic carbocycles. The molecule has 1 aliphatic rings. The average Bonchev–Trinajstić information content (AvgIpc) is 3.24. The van der Waals surface area contributed by atoms with Crippen LogP contribution in [-0.4, -0.2) is 43.8 Å². The number of carbonyl (C=O) groups excluding carboxylic acids is 1. The molecule has 1 aliphatic heterocycles.